The number of primary sulfonamides is 1. The highest BCUT2D eigenvalue weighted by atomic mass is 32.2. The third-order valence-electron chi connectivity index (χ3n) is 2.72. The van der Waals surface area contributed by atoms with E-state index in [0.717, 1.165) is 0 Å². The van der Waals surface area contributed by atoms with Crippen LogP contribution in [0.15, 0.2) is 9.59 Å². The van der Waals surface area contributed by atoms with Crippen LogP contribution in [0.3, 0.4) is 0 Å². The van der Waals surface area contributed by atoms with Gasteiger partial charge in [0, 0.05) is 11.4 Å². The number of thiophene rings is 1. The van der Waals surface area contributed by atoms with Crippen LogP contribution in [0.2, 0.25) is 0 Å². The molecule has 10 heteroatoms. The quantitative estimate of drug-likeness (QED) is 0.908. The summed E-state index contributed by atoms with van der Waals surface area (Å²) in [6.45, 7) is 2.84. The van der Waals surface area contributed by atoms with Crippen LogP contribution < -0.4 is 5.14 Å². The molecule has 0 atom stereocenters. The molecular formula is C11H15F3N2O3S2. The van der Waals surface area contributed by atoms with E-state index in [2.05, 4.69) is 0 Å². The Morgan fingerprint density at radius 3 is 2.29 bits per heavy atom. The average Bonchev–Trinajstić information content (AvgIpc) is 2.65. The number of nitrogens with two attached hydrogens (primary N) is 1. The van der Waals surface area contributed by atoms with Crippen LogP contribution in [0.1, 0.15) is 29.8 Å². The maximum atomic E-state index is 12.5. The van der Waals surface area contributed by atoms with Gasteiger partial charge >= 0.3 is 6.18 Å². The number of hydrogen-bond donors (Lipinski definition) is 1. The maximum absolute atomic E-state index is 12.5. The highest BCUT2D eigenvalue weighted by molar-refractivity contribution is 7.91. The number of alkyl halides is 3. The molecule has 5 nitrogen and oxygen atoms in total. The molecule has 0 aliphatic rings. The van der Waals surface area contributed by atoms with Gasteiger partial charge in [-0.15, -0.1) is 11.3 Å². The molecule has 1 amide bonds. The van der Waals surface area contributed by atoms with Gasteiger partial charge in [0.25, 0.3) is 5.91 Å². The Morgan fingerprint density at radius 1 is 1.43 bits per heavy atom. The molecule has 0 spiro atoms. The molecule has 1 rings (SSSR count). The van der Waals surface area contributed by atoms with Crippen LogP contribution in [0.5, 0.6) is 0 Å². The molecule has 0 fully saturated rings. The summed E-state index contributed by atoms with van der Waals surface area (Å²) in [5.74, 6) is -0.869. The summed E-state index contributed by atoms with van der Waals surface area (Å²) in [7, 11) is -4.00. The Morgan fingerprint density at radius 2 is 1.95 bits per heavy atom. The Balaban J connectivity index is 3.20. The summed E-state index contributed by atoms with van der Waals surface area (Å²) in [4.78, 5) is 12.9. The number of nitrogens with zero attached hydrogens (tertiary/aromatic N) is 1. The molecule has 2 N–H and O–H groups in total. The number of halogens is 3. The predicted molar refractivity (Wildman–Crippen MR) is 72.7 cm³/mol. The standard InChI is InChI=1S/C11H15F3N2O3S2/c1-6(2)16(5-11(12,13)14)9(17)8-4-20-10(7(8)3)21(15,18)19/h4,6H,5H2,1-3H3,(H2,15,18,19). The Kier molecular flexibility index (Phi) is 5.06. The number of carbonyl (C=O) groups is 1. The van der Waals surface area contributed by atoms with E-state index in [1.54, 1.807) is 0 Å². The number of rotatable bonds is 4. The van der Waals surface area contributed by atoms with Gasteiger partial charge in [0.15, 0.2) is 0 Å². The first-order valence-electron chi connectivity index (χ1n) is 5.83. The van der Waals surface area contributed by atoms with Gasteiger partial charge in [-0.1, -0.05) is 0 Å². The zero-order valence-electron chi connectivity index (χ0n) is 11.6. The van der Waals surface area contributed by atoms with Gasteiger partial charge < -0.3 is 4.90 Å². The number of sulfonamides is 1. The van der Waals surface area contributed by atoms with Crippen molar-refractivity contribution >= 4 is 27.3 Å². The van der Waals surface area contributed by atoms with Crippen molar-refractivity contribution in [1.82, 2.24) is 4.90 Å². The normalized spacial score (nSPS) is 12.8. The van der Waals surface area contributed by atoms with Crippen molar-refractivity contribution in [2.24, 2.45) is 5.14 Å². The second-order valence-electron chi connectivity index (χ2n) is 4.75. The maximum Gasteiger partial charge on any atom is 0.406 e. The van der Waals surface area contributed by atoms with Gasteiger partial charge in [0.2, 0.25) is 10.0 Å². The van der Waals surface area contributed by atoms with Crippen molar-refractivity contribution in [3.63, 3.8) is 0 Å². The highest BCUT2D eigenvalue weighted by Crippen LogP contribution is 2.28. The van der Waals surface area contributed by atoms with Crippen molar-refractivity contribution in [3.8, 4) is 0 Å². The molecule has 0 aliphatic carbocycles. The molecule has 1 heterocycles. The van der Waals surface area contributed by atoms with E-state index < -0.39 is 34.7 Å². The van der Waals surface area contributed by atoms with Crippen molar-refractivity contribution < 1.29 is 26.4 Å². The van der Waals surface area contributed by atoms with E-state index in [4.69, 9.17) is 5.14 Å². The molecule has 0 radical (unpaired) electrons. The van der Waals surface area contributed by atoms with Crippen LogP contribution in [0.4, 0.5) is 13.2 Å². The smallest absolute Gasteiger partial charge is 0.327 e. The summed E-state index contributed by atoms with van der Waals surface area (Å²) >= 11 is 0.717. The minimum absolute atomic E-state index is 0.0697. The van der Waals surface area contributed by atoms with Crippen LogP contribution >= 0.6 is 11.3 Å². The SMILES string of the molecule is Cc1c(C(=O)N(CC(F)(F)F)C(C)C)csc1S(N)(=O)=O. The molecule has 0 aromatic carbocycles. The summed E-state index contributed by atoms with van der Waals surface area (Å²) in [5, 5.41) is 6.20. The molecule has 21 heavy (non-hydrogen) atoms. The molecule has 1 aromatic rings. The van der Waals surface area contributed by atoms with Crippen molar-refractivity contribution in [2.75, 3.05) is 6.54 Å². The Bertz CT molecular complexity index is 636. The van der Waals surface area contributed by atoms with E-state index in [1.165, 1.54) is 26.2 Å². The minimum atomic E-state index is -4.54. The third kappa shape index (κ3) is 4.42. The molecule has 0 aliphatic heterocycles. The fraction of sp³-hybridized carbons (Fsp3) is 0.545. The lowest BCUT2D eigenvalue weighted by atomic mass is 10.1. The summed E-state index contributed by atoms with van der Waals surface area (Å²) in [5.41, 5.74) is -0.0118. The van der Waals surface area contributed by atoms with Gasteiger partial charge in [0.1, 0.15) is 10.8 Å². The predicted octanol–water partition coefficient (Wildman–Crippen LogP) is 2.12. The van der Waals surface area contributed by atoms with E-state index in [1.807, 2.05) is 0 Å². The highest BCUT2D eigenvalue weighted by Gasteiger charge is 2.35. The van der Waals surface area contributed by atoms with Crippen molar-refractivity contribution in [3.05, 3.63) is 16.5 Å². The summed E-state index contributed by atoms with van der Waals surface area (Å²) < 4.78 is 60.0. The molecule has 1 aromatic heterocycles. The lowest BCUT2D eigenvalue weighted by Gasteiger charge is -2.27. The van der Waals surface area contributed by atoms with Crippen LogP contribution in [-0.4, -0.2) is 38.0 Å². The first-order valence-corrected chi connectivity index (χ1v) is 8.25. The van der Waals surface area contributed by atoms with Crippen molar-refractivity contribution in [2.45, 2.75) is 37.2 Å². The zero-order valence-corrected chi connectivity index (χ0v) is 13.2. The summed E-state index contributed by atoms with van der Waals surface area (Å²) in [6, 6.07) is -0.684. The molecule has 120 valence electrons. The fourth-order valence-corrected chi connectivity index (χ4v) is 3.73. The lowest BCUT2D eigenvalue weighted by Crippen LogP contribution is -2.43. The molecule has 0 saturated heterocycles. The first-order chi connectivity index (χ1) is 9.34. The van der Waals surface area contributed by atoms with Crippen LogP contribution in [0.25, 0.3) is 0 Å². The van der Waals surface area contributed by atoms with Gasteiger partial charge in [-0.05, 0) is 26.3 Å². The van der Waals surface area contributed by atoms with E-state index in [9.17, 15) is 26.4 Å². The molecule has 0 unspecified atom stereocenters. The van der Waals surface area contributed by atoms with E-state index in [0.29, 0.717) is 16.2 Å². The number of hydrogen-bond acceptors (Lipinski definition) is 4. The van der Waals surface area contributed by atoms with E-state index >= 15 is 0 Å². The Labute approximate surface area is 124 Å². The zero-order chi connectivity index (χ0) is 16.6. The average molecular weight is 344 g/mol. The molecule has 0 saturated carbocycles. The van der Waals surface area contributed by atoms with Gasteiger partial charge in [-0.2, -0.15) is 13.2 Å². The fourth-order valence-electron chi connectivity index (χ4n) is 1.73. The second kappa shape index (κ2) is 5.93. The largest absolute Gasteiger partial charge is 0.406 e. The van der Waals surface area contributed by atoms with Gasteiger partial charge in [0.05, 0.1) is 5.56 Å². The van der Waals surface area contributed by atoms with E-state index in [-0.39, 0.29) is 15.3 Å². The topological polar surface area (TPSA) is 80.5 Å². The first kappa shape index (κ1) is 17.9. The number of carbonyl (C=O) groups excluding carboxylic acids is 1. The molecular weight excluding hydrogens is 329 g/mol. The minimum Gasteiger partial charge on any atom is -0.327 e. The summed E-state index contributed by atoms with van der Waals surface area (Å²) in [6.07, 6.45) is -4.54. The third-order valence-corrected chi connectivity index (χ3v) is 5.40. The van der Waals surface area contributed by atoms with Gasteiger partial charge in [-0.3, -0.25) is 4.79 Å². The second-order valence-corrected chi connectivity index (χ2v) is 7.39. The van der Waals surface area contributed by atoms with Crippen LogP contribution in [0, 0.1) is 6.92 Å². The lowest BCUT2D eigenvalue weighted by molar-refractivity contribution is -0.143. The van der Waals surface area contributed by atoms with Gasteiger partial charge in [-0.25, -0.2) is 13.6 Å². The van der Waals surface area contributed by atoms with Crippen molar-refractivity contribution in [1.29, 1.82) is 0 Å². The molecule has 0 bridgehead atoms. The van der Waals surface area contributed by atoms with Crippen LogP contribution in [-0.2, 0) is 10.0 Å². The monoisotopic (exact) mass is 344 g/mol. The Hall–Kier alpha value is -1.13. The number of amides is 1.